The zero-order chi connectivity index (χ0) is 17.2. The number of aromatic nitrogens is 1. The molecule has 0 atom stereocenters. The summed E-state index contributed by atoms with van der Waals surface area (Å²) in [5.41, 5.74) is -0.616. The summed E-state index contributed by atoms with van der Waals surface area (Å²) in [6.45, 7) is 0. The predicted molar refractivity (Wildman–Crippen MR) is 86.4 cm³/mol. The maximum atomic E-state index is 12.8. The molecule has 0 radical (unpaired) electrons. The minimum atomic E-state index is -4.57. The highest BCUT2D eigenvalue weighted by Gasteiger charge is 2.31. The van der Waals surface area contributed by atoms with Crippen LogP contribution in [0.5, 0.6) is 0 Å². The van der Waals surface area contributed by atoms with E-state index < -0.39 is 17.5 Å². The lowest BCUT2D eigenvalue weighted by Gasteiger charge is -2.10. The molecule has 1 heterocycles. The van der Waals surface area contributed by atoms with Gasteiger partial charge >= 0.3 is 6.18 Å². The second kappa shape index (κ2) is 6.86. The van der Waals surface area contributed by atoms with Crippen LogP contribution in [0.3, 0.4) is 0 Å². The SMILES string of the molecule is O=C(/C=C/n1cc(C(F)(F)F)cc(Cl)c1=S)c1ccc(Cl)cc1. The van der Waals surface area contributed by atoms with Crippen LogP contribution in [-0.4, -0.2) is 10.4 Å². The van der Waals surface area contributed by atoms with Crippen LogP contribution in [0.2, 0.25) is 10.0 Å². The molecule has 0 saturated carbocycles. The Morgan fingerprint density at radius 1 is 1.17 bits per heavy atom. The maximum absolute atomic E-state index is 12.8. The molecule has 2 rings (SSSR count). The molecule has 0 spiro atoms. The number of nitrogens with zero attached hydrogens (tertiary/aromatic N) is 1. The van der Waals surface area contributed by atoms with E-state index in [4.69, 9.17) is 35.4 Å². The lowest BCUT2D eigenvalue weighted by molar-refractivity contribution is -0.137. The van der Waals surface area contributed by atoms with E-state index in [0.29, 0.717) is 10.6 Å². The molecule has 0 saturated heterocycles. The Morgan fingerprint density at radius 3 is 2.35 bits per heavy atom. The zero-order valence-electron chi connectivity index (χ0n) is 11.3. The van der Waals surface area contributed by atoms with Crippen molar-refractivity contribution in [2.24, 2.45) is 0 Å². The Hall–Kier alpha value is -1.63. The van der Waals surface area contributed by atoms with Gasteiger partial charge in [-0.1, -0.05) is 35.4 Å². The molecule has 0 aliphatic carbocycles. The standard InChI is InChI=1S/C15H8Cl2F3NOS/c16-11-3-1-9(2-4-11)13(22)5-6-21-8-10(15(18,19)20)7-12(17)14(21)23/h1-8H/b6-5+. The van der Waals surface area contributed by atoms with Crippen LogP contribution in [0.25, 0.3) is 6.20 Å². The Balaban J connectivity index is 2.35. The van der Waals surface area contributed by atoms with E-state index in [1.54, 1.807) is 0 Å². The predicted octanol–water partition coefficient (Wildman–Crippen LogP) is 5.90. The van der Waals surface area contributed by atoms with Crippen molar-refractivity contribution >= 4 is 47.4 Å². The van der Waals surface area contributed by atoms with Crippen LogP contribution in [0.15, 0.2) is 42.6 Å². The number of alkyl halides is 3. The number of hydrogen-bond donors (Lipinski definition) is 0. The zero-order valence-corrected chi connectivity index (χ0v) is 13.6. The van der Waals surface area contributed by atoms with Crippen molar-refractivity contribution in [3.05, 3.63) is 68.4 Å². The van der Waals surface area contributed by atoms with Crippen LogP contribution in [0.1, 0.15) is 15.9 Å². The Bertz CT molecular complexity index is 826. The second-order valence-corrected chi connectivity index (χ2v) is 5.70. The summed E-state index contributed by atoms with van der Waals surface area (Å²) in [6.07, 6.45) is -1.54. The van der Waals surface area contributed by atoms with Gasteiger partial charge in [0, 0.05) is 29.1 Å². The Morgan fingerprint density at radius 2 is 1.78 bits per heavy atom. The fourth-order valence-electron chi connectivity index (χ4n) is 1.69. The summed E-state index contributed by atoms with van der Waals surface area (Å²) in [5, 5.41) is 0.246. The molecule has 0 aliphatic rings. The van der Waals surface area contributed by atoms with Crippen molar-refractivity contribution in [2.75, 3.05) is 0 Å². The highest BCUT2D eigenvalue weighted by Crippen LogP contribution is 2.31. The van der Waals surface area contributed by atoms with Crippen molar-refractivity contribution in [3.63, 3.8) is 0 Å². The molecular formula is C15H8Cl2F3NOS. The number of ketones is 1. The van der Waals surface area contributed by atoms with E-state index in [1.165, 1.54) is 24.3 Å². The molecular weight excluding hydrogens is 370 g/mol. The van der Waals surface area contributed by atoms with Crippen LogP contribution in [0, 0.1) is 4.64 Å². The van der Waals surface area contributed by atoms with Crippen molar-refractivity contribution in [3.8, 4) is 0 Å². The molecule has 0 N–H and O–H groups in total. The summed E-state index contributed by atoms with van der Waals surface area (Å²) in [4.78, 5) is 12.0. The molecule has 0 unspecified atom stereocenters. The normalized spacial score (nSPS) is 11.9. The maximum Gasteiger partial charge on any atom is 0.417 e. The van der Waals surface area contributed by atoms with E-state index in [2.05, 4.69) is 0 Å². The lowest BCUT2D eigenvalue weighted by Crippen LogP contribution is -2.08. The highest BCUT2D eigenvalue weighted by molar-refractivity contribution is 7.71. The quantitative estimate of drug-likeness (QED) is 0.377. The van der Waals surface area contributed by atoms with Gasteiger partial charge in [0.1, 0.15) is 4.64 Å². The molecule has 1 aromatic heterocycles. The molecule has 0 fully saturated rings. The number of allylic oxidation sites excluding steroid dienone is 1. The monoisotopic (exact) mass is 377 g/mol. The van der Waals surface area contributed by atoms with Gasteiger partial charge in [0.25, 0.3) is 0 Å². The van der Waals surface area contributed by atoms with Gasteiger partial charge < -0.3 is 4.57 Å². The number of hydrogen-bond acceptors (Lipinski definition) is 2. The lowest BCUT2D eigenvalue weighted by atomic mass is 10.1. The van der Waals surface area contributed by atoms with Gasteiger partial charge in [0.15, 0.2) is 5.78 Å². The number of pyridine rings is 1. The van der Waals surface area contributed by atoms with Gasteiger partial charge in [-0.25, -0.2) is 0 Å². The fraction of sp³-hybridized carbons (Fsp3) is 0.0667. The van der Waals surface area contributed by atoms with Gasteiger partial charge in [0.05, 0.1) is 10.6 Å². The summed E-state index contributed by atoms with van der Waals surface area (Å²) in [5.74, 6) is -0.405. The number of rotatable bonds is 3. The van der Waals surface area contributed by atoms with Crippen molar-refractivity contribution in [1.29, 1.82) is 0 Å². The van der Waals surface area contributed by atoms with Crippen LogP contribution >= 0.6 is 35.4 Å². The molecule has 23 heavy (non-hydrogen) atoms. The summed E-state index contributed by atoms with van der Waals surface area (Å²) < 4.78 is 39.3. The van der Waals surface area contributed by atoms with Crippen LogP contribution in [-0.2, 0) is 6.18 Å². The number of carbonyl (C=O) groups is 1. The van der Waals surface area contributed by atoms with Crippen LogP contribution < -0.4 is 0 Å². The summed E-state index contributed by atoms with van der Waals surface area (Å²) in [7, 11) is 0. The highest BCUT2D eigenvalue weighted by atomic mass is 35.5. The van der Waals surface area contributed by atoms with E-state index >= 15 is 0 Å². The third-order valence-corrected chi connectivity index (χ3v) is 3.92. The second-order valence-electron chi connectivity index (χ2n) is 4.47. The molecule has 120 valence electrons. The van der Waals surface area contributed by atoms with Gasteiger partial charge in [-0.2, -0.15) is 13.2 Å². The summed E-state index contributed by atoms with van der Waals surface area (Å²) in [6, 6.07) is 6.83. The average molecular weight is 378 g/mol. The third-order valence-electron chi connectivity index (χ3n) is 2.84. The van der Waals surface area contributed by atoms with Gasteiger partial charge in [-0.3, -0.25) is 4.79 Å². The minimum Gasteiger partial charge on any atom is -0.313 e. The molecule has 2 nitrogen and oxygen atoms in total. The van der Waals surface area contributed by atoms with E-state index in [9.17, 15) is 18.0 Å². The van der Waals surface area contributed by atoms with E-state index in [0.717, 1.165) is 29.1 Å². The minimum absolute atomic E-state index is 0.0279. The molecule has 1 aromatic carbocycles. The average Bonchev–Trinajstić information content (AvgIpc) is 2.48. The first-order valence-electron chi connectivity index (χ1n) is 6.15. The molecule has 0 bridgehead atoms. The van der Waals surface area contributed by atoms with Crippen molar-refractivity contribution < 1.29 is 18.0 Å². The van der Waals surface area contributed by atoms with Crippen molar-refractivity contribution in [1.82, 2.24) is 4.57 Å². The molecule has 0 amide bonds. The largest absolute Gasteiger partial charge is 0.417 e. The number of halogens is 5. The first-order valence-corrected chi connectivity index (χ1v) is 7.32. The number of carbonyl (C=O) groups excluding carboxylic acids is 1. The van der Waals surface area contributed by atoms with Gasteiger partial charge in [0.2, 0.25) is 0 Å². The smallest absolute Gasteiger partial charge is 0.313 e. The van der Waals surface area contributed by atoms with Gasteiger partial charge in [-0.15, -0.1) is 0 Å². The first kappa shape index (κ1) is 17.7. The van der Waals surface area contributed by atoms with Crippen molar-refractivity contribution in [2.45, 2.75) is 6.18 Å². The first-order chi connectivity index (χ1) is 10.7. The Labute approximate surface area is 144 Å². The topological polar surface area (TPSA) is 22.0 Å². The number of benzene rings is 1. The third kappa shape index (κ3) is 4.43. The van der Waals surface area contributed by atoms with Gasteiger partial charge in [-0.05, 0) is 30.3 Å². The van der Waals surface area contributed by atoms with E-state index in [-0.39, 0.29) is 9.66 Å². The molecule has 0 aliphatic heterocycles. The molecule has 8 heteroatoms. The van der Waals surface area contributed by atoms with Crippen LogP contribution in [0.4, 0.5) is 13.2 Å². The molecule has 2 aromatic rings. The summed E-state index contributed by atoms with van der Waals surface area (Å²) >= 11 is 16.4. The van der Waals surface area contributed by atoms with E-state index in [1.807, 2.05) is 0 Å². The Kier molecular flexibility index (Phi) is 5.29. The fourth-order valence-corrected chi connectivity index (χ4v) is 2.21.